The van der Waals surface area contributed by atoms with Crippen molar-refractivity contribution < 1.29 is 9.90 Å². The number of nitrogens with one attached hydrogen (secondary N) is 1. The summed E-state index contributed by atoms with van der Waals surface area (Å²) in [5.41, 5.74) is -0.213. The highest BCUT2D eigenvalue weighted by molar-refractivity contribution is 6.43. The minimum atomic E-state index is -0.863. The molecule has 0 bridgehead atoms. The molecule has 1 rings (SSSR count). The van der Waals surface area contributed by atoms with Gasteiger partial charge in [-0.15, -0.1) is 0 Å². The van der Waals surface area contributed by atoms with Crippen LogP contribution in [0.25, 0.3) is 0 Å². The number of hydrogen-bond donors (Lipinski definition) is 2. The maximum atomic E-state index is 10.9. The molecule has 0 heterocycles. The number of anilines is 1. The van der Waals surface area contributed by atoms with E-state index in [9.17, 15) is 4.79 Å². The van der Waals surface area contributed by atoms with Crippen LogP contribution in [0.1, 0.15) is 13.8 Å². The predicted octanol–water partition coefficient (Wildman–Crippen LogP) is 3.52. The molecule has 3 nitrogen and oxygen atoms in total. The van der Waals surface area contributed by atoms with Crippen molar-refractivity contribution >= 4 is 34.9 Å². The number of carboxylic acids is 1. The van der Waals surface area contributed by atoms with Gasteiger partial charge < -0.3 is 10.4 Å². The van der Waals surface area contributed by atoms with Gasteiger partial charge in [-0.2, -0.15) is 0 Å². The first-order valence-electron chi connectivity index (χ1n) is 4.76. The van der Waals surface area contributed by atoms with Gasteiger partial charge in [-0.1, -0.05) is 29.3 Å². The number of rotatable bonds is 4. The molecular weight excluding hydrogens is 249 g/mol. The Morgan fingerprint density at radius 1 is 1.44 bits per heavy atom. The Morgan fingerprint density at radius 2 is 2.06 bits per heavy atom. The van der Waals surface area contributed by atoms with E-state index < -0.39 is 11.4 Å². The van der Waals surface area contributed by atoms with E-state index in [-0.39, 0.29) is 6.54 Å². The largest absolute Gasteiger partial charge is 0.481 e. The van der Waals surface area contributed by atoms with Crippen LogP contribution in [-0.2, 0) is 4.79 Å². The number of hydrogen-bond acceptors (Lipinski definition) is 2. The molecule has 0 saturated heterocycles. The Balaban J connectivity index is 2.76. The number of carboxylic acid groups (broad SMARTS) is 1. The Kier molecular flexibility index (Phi) is 4.05. The fourth-order valence-electron chi connectivity index (χ4n) is 1.03. The smallest absolute Gasteiger partial charge is 0.310 e. The summed E-state index contributed by atoms with van der Waals surface area (Å²) in [5, 5.41) is 12.8. The summed E-state index contributed by atoms with van der Waals surface area (Å²) in [6.07, 6.45) is 0. The summed E-state index contributed by atoms with van der Waals surface area (Å²) in [7, 11) is 0. The molecule has 0 fully saturated rings. The molecule has 1 aromatic carbocycles. The van der Waals surface area contributed by atoms with Crippen LogP contribution in [0.5, 0.6) is 0 Å². The molecule has 0 spiro atoms. The van der Waals surface area contributed by atoms with Gasteiger partial charge in [0.05, 0.1) is 21.1 Å². The van der Waals surface area contributed by atoms with E-state index in [1.807, 2.05) is 0 Å². The van der Waals surface area contributed by atoms with Crippen LogP contribution in [0.4, 0.5) is 5.69 Å². The maximum Gasteiger partial charge on any atom is 0.310 e. The van der Waals surface area contributed by atoms with Crippen LogP contribution in [0.2, 0.25) is 10.0 Å². The van der Waals surface area contributed by atoms with Crippen molar-refractivity contribution in [1.29, 1.82) is 0 Å². The van der Waals surface area contributed by atoms with Crippen molar-refractivity contribution in [2.24, 2.45) is 5.41 Å². The third kappa shape index (κ3) is 3.03. The summed E-state index contributed by atoms with van der Waals surface area (Å²) in [5.74, 6) is -0.863. The molecule has 16 heavy (non-hydrogen) atoms. The minimum Gasteiger partial charge on any atom is -0.481 e. The summed E-state index contributed by atoms with van der Waals surface area (Å²) in [6.45, 7) is 3.56. The van der Waals surface area contributed by atoms with Gasteiger partial charge in [0.25, 0.3) is 0 Å². The molecule has 2 N–H and O–H groups in total. The summed E-state index contributed by atoms with van der Waals surface area (Å²) in [4.78, 5) is 10.9. The summed E-state index contributed by atoms with van der Waals surface area (Å²) < 4.78 is 0. The van der Waals surface area contributed by atoms with E-state index in [1.54, 1.807) is 32.0 Å². The molecule has 0 aliphatic heterocycles. The zero-order chi connectivity index (χ0) is 12.3. The van der Waals surface area contributed by atoms with Gasteiger partial charge in [0.1, 0.15) is 0 Å². The Hall–Kier alpha value is -0.930. The first-order valence-corrected chi connectivity index (χ1v) is 5.51. The monoisotopic (exact) mass is 261 g/mol. The third-order valence-corrected chi connectivity index (χ3v) is 3.07. The molecule has 0 radical (unpaired) electrons. The van der Waals surface area contributed by atoms with E-state index in [0.717, 1.165) is 0 Å². The highest BCUT2D eigenvalue weighted by atomic mass is 35.5. The average molecular weight is 262 g/mol. The highest BCUT2D eigenvalue weighted by Gasteiger charge is 2.26. The van der Waals surface area contributed by atoms with Crippen molar-refractivity contribution in [3.05, 3.63) is 28.2 Å². The first kappa shape index (κ1) is 13.1. The lowest BCUT2D eigenvalue weighted by molar-refractivity contribution is -0.146. The Labute approximate surface area is 104 Å². The quantitative estimate of drug-likeness (QED) is 0.872. The molecular formula is C11H13Cl2NO2. The second-order valence-electron chi connectivity index (χ2n) is 4.14. The Bertz CT molecular complexity index is 405. The molecule has 5 heteroatoms. The molecule has 0 atom stereocenters. The topological polar surface area (TPSA) is 49.3 Å². The second-order valence-corrected chi connectivity index (χ2v) is 4.93. The summed E-state index contributed by atoms with van der Waals surface area (Å²) >= 11 is 11.8. The van der Waals surface area contributed by atoms with Crippen LogP contribution in [0, 0.1) is 5.41 Å². The second kappa shape index (κ2) is 4.93. The van der Waals surface area contributed by atoms with Gasteiger partial charge in [0.15, 0.2) is 0 Å². The normalized spacial score (nSPS) is 11.2. The van der Waals surface area contributed by atoms with E-state index in [0.29, 0.717) is 15.7 Å². The minimum absolute atomic E-state index is 0.280. The van der Waals surface area contributed by atoms with Gasteiger partial charge in [0.2, 0.25) is 0 Å². The van der Waals surface area contributed by atoms with E-state index in [4.69, 9.17) is 28.3 Å². The predicted molar refractivity (Wildman–Crippen MR) is 66.4 cm³/mol. The van der Waals surface area contributed by atoms with Crippen LogP contribution in [-0.4, -0.2) is 17.6 Å². The molecule has 0 aliphatic rings. The zero-order valence-corrected chi connectivity index (χ0v) is 10.6. The summed E-state index contributed by atoms with van der Waals surface area (Å²) in [6, 6.07) is 5.19. The molecule has 0 aliphatic carbocycles. The lowest BCUT2D eigenvalue weighted by Crippen LogP contribution is -2.31. The van der Waals surface area contributed by atoms with Crippen LogP contribution < -0.4 is 5.32 Å². The lowest BCUT2D eigenvalue weighted by atomic mass is 9.94. The van der Waals surface area contributed by atoms with Crippen molar-refractivity contribution in [1.82, 2.24) is 0 Å². The van der Waals surface area contributed by atoms with Gasteiger partial charge in [-0.05, 0) is 26.0 Å². The zero-order valence-electron chi connectivity index (χ0n) is 9.05. The van der Waals surface area contributed by atoms with Gasteiger partial charge in [-0.3, -0.25) is 4.79 Å². The number of aliphatic carboxylic acids is 1. The van der Waals surface area contributed by atoms with Gasteiger partial charge >= 0.3 is 5.97 Å². The lowest BCUT2D eigenvalue weighted by Gasteiger charge is -2.20. The fourth-order valence-corrected chi connectivity index (χ4v) is 1.40. The van der Waals surface area contributed by atoms with Gasteiger partial charge in [-0.25, -0.2) is 0 Å². The van der Waals surface area contributed by atoms with E-state index in [1.165, 1.54) is 0 Å². The number of benzene rings is 1. The Morgan fingerprint density at radius 3 is 2.62 bits per heavy atom. The number of carbonyl (C=O) groups is 1. The highest BCUT2D eigenvalue weighted by Crippen LogP contribution is 2.30. The molecule has 1 aromatic rings. The van der Waals surface area contributed by atoms with Crippen LogP contribution >= 0.6 is 23.2 Å². The van der Waals surface area contributed by atoms with E-state index >= 15 is 0 Å². The fraction of sp³-hybridized carbons (Fsp3) is 0.364. The van der Waals surface area contributed by atoms with Crippen LogP contribution in [0.3, 0.4) is 0 Å². The first-order chi connectivity index (χ1) is 7.34. The van der Waals surface area contributed by atoms with Crippen molar-refractivity contribution in [3.63, 3.8) is 0 Å². The molecule has 0 unspecified atom stereocenters. The van der Waals surface area contributed by atoms with Crippen LogP contribution in [0.15, 0.2) is 18.2 Å². The molecule has 0 aromatic heterocycles. The molecule has 0 amide bonds. The van der Waals surface area contributed by atoms with E-state index in [2.05, 4.69) is 5.32 Å². The SMILES string of the molecule is CC(C)(CNc1cccc(Cl)c1Cl)C(=O)O. The number of halogens is 2. The van der Waals surface area contributed by atoms with Crippen molar-refractivity contribution in [3.8, 4) is 0 Å². The van der Waals surface area contributed by atoms with Crippen molar-refractivity contribution in [2.75, 3.05) is 11.9 Å². The average Bonchev–Trinajstić information content (AvgIpc) is 2.20. The van der Waals surface area contributed by atoms with Crippen molar-refractivity contribution in [2.45, 2.75) is 13.8 Å². The standard InChI is InChI=1S/C11H13Cl2NO2/c1-11(2,10(15)16)6-14-8-5-3-4-7(12)9(8)13/h3-5,14H,6H2,1-2H3,(H,15,16). The third-order valence-electron chi connectivity index (χ3n) is 2.25. The molecule has 0 saturated carbocycles. The maximum absolute atomic E-state index is 10.9. The van der Waals surface area contributed by atoms with Gasteiger partial charge in [0, 0.05) is 6.54 Å². The molecule has 88 valence electrons.